The van der Waals surface area contributed by atoms with E-state index in [1.54, 1.807) is 4.90 Å². The standard InChI is InChI=1S/C9H16N2O5/c10-7(5-12)9(14)16-6-8(13)11-1-3-15-4-2-11/h7,12H,1-6,10H2. The van der Waals surface area contributed by atoms with Gasteiger partial charge < -0.3 is 25.2 Å². The number of hydrogen-bond donors (Lipinski definition) is 2. The van der Waals surface area contributed by atoms with Crippen LogP contribution in [0.5, 0.6) is 0 Å². The van der Waals surface area contributed by atoms with Gasteiger partial charge in [-0.3, -0.25) is 9.59 Å². The van der Waals surface area contributed by atoms with Crippen LogP contribution in [-0.2, 0) is 19.1 Å². The molecule has 16 heavy (non-hydrogen) atoms. The summed E-state index contributed by atoms with van der Waals surface area (Å²) in [7, 11) is 0. The number of amides is 1. The van der Waals surface area contributed by atoms with Crippen molar-refractivity contribution in [3.8, 4) is 0 Å². The third-order valence-corrected chi connectivity index (χ3v) is 2.20. The van der Waals surface area contributed by atoms with Gasteiger partial charge >= 0.3 is 5.97 Å². The Morgan fingerprint density at radius 3 is 2.62 bits per heavy atom. The molecule has 0 saturated carbocycles. The van der Waals surface area contributed by atoms with Crippen molar-refractivity contribution in [3.05, 3.63) is 0 Å². The summed E-state index contributed by atoms with van der Waals surface area (Å²) in [5.74, 6) is -1.05. The van der Waals surface area contributed by atoms with Gasteiger partial charge in [-0.2, -0.15) is 0 Å². The molecule has 1 saturated heterocycles. The van der Waals surface area contributed by atoms with E-state index < -0.39 is 18.6 Å². The minimum absolute atomic E-state index is 0.276. The van der Waals surface area contributed by atoms with E-state index in [2.05, 4.69) is 4.74 Å². The van der Waals surface area contributed by atoms with E-state index >= 15 is 0 Å². The van der Waals surface area contributed by atoms with Crippen LogP contribution in [0.3, 0.4) is 0 Å². The van der Waals surface area contributed by atoms with Gasteiger partial charge in [-0.1, -0.05) is 0 Å². The topological polar surface area (TPSA) is 102 Å². The third kappa shape index (κ3) is 3.76. The van der Waals surface area contributed by atoms with Gasteiger partial charge in [0.05, 0.1) is 19.8 Å². The molecule has 1 aliphatic rings. The minimum atomic E-state index is -1.09. The van der Waals surface area contributed by atoms with Crippen LogP contribution in [0.1, 0.15) is 0 Å². The molecule has 3 N–H and O–H groups in total. The highest BCUT2D eigenvalue weighted by Crippen LogP contribution is 1.98. The molecule has 1 amide bonds. The molecule has 1 fully saturated rings. The first kappa shape index (κ1) is 12.9. The molecule has 0 bridgehead atoms. The number of carbonyl (C=O) groups excluding carboxylic acids is 2. The zero-order chi connectivity index (χ0) is 12.0. The maximum atomic E-state index is 11.5. The molecule has 1 aliphatic heterocycles. The second-order valence-electron chi connectivity index (χ2n) is 3.39. The van der Waals surface area contributed by atoms with E-state index in [1.165, 1.54) is 0 Å². The van der Waals surface area contributed by atoms with Crippen LogP contribution < -0.4 is 5.73 Å². The van der Waals surface area contributed by atoms with Crippen molar-refractivity contribution in [2.45, 2.75) is 6.04 Å². The van der Waals surface area contributed by atoms with Gasteiger partial charge in [0.2, 0.25) is 0 Å². The predicted octanol–water partition coefficient (Wildman–Crippen LogP) is -2.29. The lowest BCUT2D eigenvalue weighted by Gasteiger charge is -2.26. The summed E-state index contributed by atoms with van der Waals surface area (Å²) in [4.78, 5) is 24.1. The number of carbonyl (C=O) groups is 2. The molecule has 1 heterocycles. The van der Waals surface area contributed by atoms with E-state index in [9.17, 15) is 9.59 Å². The SMILES string of the molecule is NC(CO)C(=O)OCC(=O)N1CCOCC1. The van der Waals surface area contributed by atoms with Crippen molar-refractivity contribution < 1.29 is 24.2 Å². The lowest BCUT2D eigenvalue weighted by Crippen LogP contribution is -2.44. The summed E-state index contributed by atoms with van der Waals surface area (Å²) in [6.07, 6.45) is 0. The summed E-state index contributed by atoms with van der Waals surface area (Å²) in [6.45, 7) is 1.16. The summed E-state index contributed by atoms with van der Waals surface area (Å²) in [5, 5.41) is 8.58. The number of nitrogens with two attached hydrogens (primary N) is 1. The van der Waals surface area contributed by atoms with Crippen LogP contribution in [0.2, 0.25) is 0 Å². The van der Waals surface area contributed by atoms with Crippen LogP contribution in [0.4, 0.5) is 0 Å². The van der Waals surface area contributed by atoms with Crippen LogP contribution in [-0.4, -0.2) is 67.4 Å². The molecule has 0 radical (unpaired) electrons. The molecule has 0 aromatic carbocycles. The summed E-state index contributed by atoms with van der Waals surface area (Å²) in [6, 6.07) is -1.09. The van der Waals surface area contributed by atoms with Crippen LogP contribution in [0.25, 0.3) is 0 Å². The quantitative estimate of drug-likeness (QED) is 0.529. The number of nitrogens with zero attached hydrogens (tertiary/aromatic N) is 1. The van der Waals surface area contributed by atoms with E-state index in [4.69, 9.17) is 15.6 Å². The molecule has 1 unspecified atom stereocenters. The van der Waals surface area contributed by atoms with Gasteiger partial charge in [0, 0.05) is 13.1 Å². The summed E-state index contributed by atoms with van der Waals surface area (Å²) >= 11 is 0. The Morgan fingerprint density at radius 1 is 1.44 bits per heavy atom. The molecular formula is C9H16N2O5. The number of morpholine rings is 1. The lowest BCUT2D eigenvalue weighted by molar-refractivity contribution is -0.155. The van der Waals surface area contributed by atoms with E-state index in [0.717, 1.165) is 0 Å². The molecule has 1 atom stereocenters. The van der Waals surface area contributed by atoms with Crippen LogP contribution in [0.15, 0.2) is 0 Å². The first-order chi connectivity index (χ1) is 7.65. The fourth-order valence-corrected chi connectivity index (χ4v) is 1.22. The number of esters is 1. The average Bonchev–Trinajstić information content (AvgIpc) is 2.35. The van der Waals surface area contributed by atoms with E-state index in [1.807, 2.05) is 0 Å². The Kier molecular flexibility index (Phi) is 5.17. The molecular weight excluding hydrogens is 216 g/mol. The highest BCUT2D eigenvalue weighted by Gasteiger charge is 2.20. The van der Waals surface area contributed by atoms with Gasteiger partial charge in [0.25, 0.3) is 5.91 Å². The normalized spacial score (nSPS) is 18.0. The van der Waals surface area contributed by atoms with Gasteiger partial charge in [-0.25, -0.2) is 0 Å². The summed E-state index contributed by atoms with van der Waals surface area (Å²) in [5.41, 5.74) is 5.21. The zero-order valence-corrected chi connectivity index (χ0v) is 8.92. The Morgan fingerprint density at radius 2 is 2.06 bits per heavy atom. The molecule has 7 heteroatoms. The number of rotatable bonds is 4. The molecule has 0 aromatic heterocycles. The van der Waals surface area contributed by atoms with Gasteiger partial charge in [0.15, 0.2) is 6.61 Å². The van der Waals surface area contributed by atoms with E-state index in [0.29, 0.717) is 26.3 Å². The lowest BCUT2D eigenvalue weighted by atomic mass is 10.3. The fraction of sp³-hybridized carbons (Fsp3) is 0.778. The molecule has 92 valence electrons. The Labute approximate surface area is 93.1 Å². The maximum absolute atomic E-state index is 11.5. The largest absolute Gasteiger partial charge is 0.454 e. The molecule has 1 rings (SSSR count). The smallest absolute Gasteiger partial charge is 0.325 e. The second kappa shape index (κ2) is 6.41. The zero-order valence-electron chi connectivity index (χ0n) is 8.92. The first-order valence-electron chi connectivity index (χ1n) is 5.03. The predicted molar refractivity (Wildman–Crippen MR) is 53.4 cm³/mol. The van der Waals surface area contributed by atoms with Crippen LogP contribution >= 0.6 is 0 Å². The Bertz CT molecular complexity index is 252. The highest BCUT2D eigenvalue weighted by molar-refractivity contribution is 5.82. The molecule has 0 aliphatic carbocycles. The second-order valence-corrected chi connectivity index (χ2v) is 3.39. The van der Waals surface area contributed by atoms with Crippen molar-refractivity contribution >= 4 is 11.9 Å². The van der Waals surface area contributed by atoms with Crippen molar-refractivity contribution in [1.29, 1.82) is 0 Å². The first-order valence-corrected chi connectivity index (χ1v) is 5.03. The number of hydrogen-bond acceptors (Lipinski definition) is 6. The number of aliphatic hydroxyl groups excluding tert-OH is 1. The number of aliphatic hydroxyl groups is 1. The maximum Gasteiger partial charge on any atom is 0.325 e. The van der Waals surface area contributed by atoms with E-state index in [-0.39, 0.29) is 12.5 Å². The monoisotopic (exact) mass is 232 g/mol. The molecule has 0 aromatic rings. The molecule has 0 spiro atoms. The van der Waals surface area contributed by atoms with Gasteiger partial charge in [0.1, 0.15) is 6.04 Å². The minimum Gasteiger partial charge on any atom is -0.454 e. The molecule has 7 nitrogen and oxygen atoms in total. The van der Waals surface area contributed by atoms with Crippen molar-refractivity contribution in [1.82, 2.24) is 4.90 Å². The number of ether oxygens (including phenoxy) is 2. The average molecular weight is 232 g/mol. The highest BCUT2D eigenvalue weighted by atomic mass is 16.5. The Hall–Kier alpha value is -1.18. The summed E-state index contributed by atoms with van der Waals surface area (Å²) < 4.78 is 9.73. The van der Waals surface area contributed by atoms with Crippen molar-refractivity contribution in [3.63, 3.8) is 0 Å². The van der Waals surface area contributed by atoms with Crippen molar-refractivity contribution in [2.24, 2.45) is 5.73 Å². The van der Waals surface area contributed by atoms with Gasteiger partial charge in [-0.15, -0.1) is 0 Å². The van der Waals surface area contributed by atoms with Crippen LogP contribution in [0, 0.1) is 0 Å². The Balaban J connectivity index is 2.26. The van der Waals surface area contributed by atoms with Gasteiger partial charge in [-0.05, 0) is 0 Å². The third-order valence-electron chi connectivity index (χ3n) is 2.20. The fourth-order valence-electron chi connectivity index (χ4n) is 1.22. The van der Waals surface area contributed by atoms with Crippen molar-refractivity contribution in [2.75, 3.05) is 39.5 Å².